The molecule has 0 atom stereocenters. The van der Waals surface area contributed by atoms with E-state index in [1.807, 2.05) is 0 Å². The Hall–Kier alpha value is -1.53. The van der Waals surface area contributed by atoms with Gasteiger partial charge in [-0.05, 0) is 12.1 Å². The topological polar surface area (TPSA) is 9.23 Å². The van der Waals surface area contributed by atoms with Crippen molar-refractivity contribution in [2.24, 2.45) is 0 Å². The smallest absolute Gasteiger partial charge is 0.200 e. The van der Waals surface area contributed by atoms with Gasteiger partial charge in [-0.15, -0.1) is 0 Å². The van der Waals surface area contributed by atoms with Gasteiger partial charge in [0.2, 0.25) is 5.82 Å². The van der Waals surface area contributed by atoms with Gasteiger partial charge in [0.1, 0.15) is 12.4 Å². The van der Waals surface area contributed by atoms with Crippen molar-refractivity contribution in [1.82, 2.24) is 0 Å². The number of rotatable bonds is 3. The molecule has 0 saturated heterocycles. The van der Waals surface area contributed by atoms with Crippen molar-refractivity contribution in [1.29, 1.82) is 0 Å². The second kappa shape index (κ2) is 6.07. The molecule has 2 aromatic rings. The minimum Gasteiger partial charge on any atom is -0.489 e. The Morgan fingerprint density at radius 2 is 1.29 bits per heavy atom. The summed E-state index contributed by atoms with van der Waals surface area (Å²) >= 11 is 11.4. The molecule has 2 rings (SSSR count). The molecule has 8 heteroatoms. The normalized spacial score (nSPS) is 10.8. The minimum atomic E-state index is -2.22. The Balaban J connectivity index is 2.30. The van der Waals surface area contributed by atoms with Crippen LogP contribution in [-0.4, -0.2) is 0 Å². The van der Waals surface area contributed by atoms with Crippen LogP contribution in [0, 0.1) is 29.1 Å². The molecule has 112 valence electrons. The van der Waals surface area contributed by atoms with E-state index >= 15 is 0 Å². The van der Waals surface area contributed by atoms with Gasteiger partial charge in [-0.25, -0.2) is 22.0 Å². The first-order valence-electron chi connectivity index (χ1n) is 5.41. The second-order valence-corrected chi connectivity index (χ2v) is 4.73. The summed E-state index contributed by atoms with van der Waals surface area (Å²) in [5.41, 5.74) is -1.07. The average molecular weight is 343 g/mol. The predicted molar refractivity (Wildman–Crippen MR) is 67.0 cm³/mol. The monoisotopic (exact) mass is 342 g/mol. The first-order valence-corrected chi connectivity index (χ1v) is 6.16. The minimum absolute atomic E-state index is 0.0633. The summed E-state index contributed by atoms with van der Waals surface area (Å²) in [6.45, 7) is -0.857. The third kappa shape index (κ3) is 3.06. The van der Waals surface area contributed by atoms with E-state index in [9.17, 15) is 22.0 Å². The number of hydrogen-bond donors (Lipinski definition) is 0. The van der Waals surface area contributed by atoms with E-state index in [1.54, 1.807) is 0 Å². The van der Waals surface area contributed by atoms with Crippen LogP contribution in [0.25, 0.3) is 0 Å². The molecule has 0 aliphatic rings. The fraction of sp³-hybridized carbons (Fsp3) is 0.0769. The molecule has 0 fully saturated rings. The van der Waals surface area contributed by atoms with Crippen molar-refractivity contribution in [2.45, 2.75) is 6.61 Å². The number of hydrogen-bond acceptors (Lipinski definition) is 1. The van der Waals surface area contributed by atoms with Crippen molar-refractivity contribution in [3.05, 3.63) is 62.9 Å². The lowest BCUT2D eigenvalue weighted by molar-refractivity contribution is 0.279. The lowest BCUT2D eigenvalue weighted by Crippen LogP contribution is -2.09. The standard InChI is InChI=1S/C13H5Cl2F5O/c14-7-2-1-5(3-8(7)15)21-4-6-9(16)11(18)13(20)12(19)10(6)17/h1-3H,4H2. The maximum Gasteiger partial charge on any atom is 0.200 e. The van der Waals surface area contributed by atoms with Crippen molar-refractivity contribution >= 4 is 23.2 Å². The molecule has 0 heterocycles. The van der Waals surface area contributed by atoms with Gasteiger partial charge in [0.15, 0.2) is 23.3 Å². The first kappa shape index (κ1) is 15.9. The summed E-state index contributed by atoms with van der Waals surface area (Å²) in [4.78, 5) is 0. The zero-order valence-electron chi connectivity index (χ0n) is 9.99. The van der Waals surface area contributed by atoms with Crippen molar-refractivity contribution in [3.63, 3.8) is 0 Å². The largest absolute Gasteiger partial charge is 0.489 e. The predicted octanol–water partition coefficient (Wildman–Crippen LogP) is 5.27. The van der Waals surface area contributed by atoms with Crippen molar-refractivity contribution < 1.29 is 26.7 Å². The molecule has 0 unspecified atom stereocenters. The van der Waals surface area contributed by atoms with Gasteiger partial charge in [-0.3, -0.25) is 0 Å². The van der Waals surface area contributed by atoms with Crippen molar-refractivity contribution in [2.75, 3.05) is 0 Å². The lowest BCUT2D eigenvalue weighted by atomic mass is 10.2. The molecule has 1 nitrogen and oxygen atoms in total. The van der Waals surface area contributed by atoms with E-state index < -0.39 is 41.3 Å². The van der Waals surface area contributed by atoms with E-state index in [4.69, 9.17) is 27.9 Å². The molecule has 0 aliphatic carbocycles. The maximum absolute atomic E-state index is 13.4. The highest BCUT2D eigenvalue weighted by molar-refractivity contribution is 6.42. The summed E-state index contributed by atoms with van der Waals surface area (Å²) in [7, 11) is 0. The highest BCUT2D eigenvalue weighted by Gasteiger charge is 2.25. The highest BCUT2D eigenvalue weighted by atomic mass is 35.5. The Morgan fingerprint density at radius 1 is 0.762 bits per heavy atom. The molecule has 21 heavy (non-hydrogen) atoms. The number of benzene rings is 2. The molecule has 0 radical (unpaired) electrons. The third-order valence-corrected chi connectivity index (χ3v) is 3.31. The van der Waals surface area contributed by atoms with Gasteiger partial charge in [-0.2, -0.15) is 0 Å². The third-order valence-electron chi connectivity index (χ3n) is 2.57. The maximum atomic E-state index is 13.4. The Kier molecular flexibility index (Phi) is 4.58. The van der Waals surface area contributed by atoms with Gasteiger partial charge in [0.25, 0.3) is 0 Å². The summed E-state index contributed by atoms with van der Waals surface area (Å²) in [6.07, 6.45) is 0. The van der Waals surface area contributed by atoms with Crippen LogP contribution < -0.4 is 4.74 Å². The molecule has 0 aromatic heterocycles. The van der Waals surface area contributed by atoms with Gasteiger partial charge in [0, 0.05) is 6.07 Å². The van der Waals surface area contributed by atoms with E-state index in [0.717, 1.165) is 0 Å². The van der Waals surface area contributed by atoms with Crippen LogP contribution in [0.3, 0.4) is 0 Å². The van der Waals surface area contributed by atoms with Gasteiger partial charge in [-0.1, -0.05) is 23.2 Å². The molecule has 0 N–H and O–H groups in total. The van der Waals surface area contributed by atoms with Gasteiger partial charge >= 0.3 is 0 Å². The van der Waals surface area contributed by atoms with Gasteiger partial charge in [0.05, 0.1) is 15.6 Å². The molecule has 0 amide bonds. The van der Waals surface area contributed by atoms with Crippen LogP contribution in [0.4, 0.5) is 22.0 Å². The molecular weight excluding hydrogens is 338 g/mol. The van der Waals surface area contributed by atoms with Crippen LogP contribution in [0.2, 0.25) is 10.0 Å². The Morgan fingerprint density at radius 3 is 1.81 bits per heavy atom. The Bertz CT molecular complexity index is 676. The SMILES string of the molecule is Fc1c(F)c(F)c(COc2ccc(Cl)c(Cl)c2)c(F)c1F. The van der Waals surface area contributed by atoms with Crippen LogP contribution in [0.1, 0.15) is 5.56 Å². The van der Waals surface area contributed by atoms with Crippen LogP contribution in [0.15, 0.2) is 18.2 Å². The van der Waals surface area contributed by atoms with E-state index in [-0.39, 0.29) is 15.8 Å². The summed E-state index contributed by atoms with van der Waals surface area (Å²) < 4.78 is 70.6. The molecular formula is C13H5Cl2F5O. The summed E-state index contributed by atoms with van der Waals surface area (Å²) in [6, 6.07) is 3.94. The van der Waals surface area contributed by atoms with Gasteiger partial charge < -0.3 is 4.74 Å². The zero-order chi connectivity index (χ0) is 15.7. The second-order valence-electron chi connectivity index (χ2n) is 3.91. The summed E-state index contributed by atoms with van der Waals surface area (Å²) in [5.74, 6) is -10.1. The average Bonchev–Trinajstić information content (AvgIpc) is 2.46. The fourth-order valence-corrected chi connectivity index (χ4v) is 1.79. The van der Waals surface area contributed by atoms with Crippen LogP contribution >= 0.6 is 23.2 Å². The van der Waals surface area contributed by atoms with Crippen LogP contribution in [0.5, 0.6) is 5.75 Å². The van der Waals surface area contributed by atoms with E-state index in [0.29, 0.717) is 0 Å². The zero-order valence-corrected chi connectivity index (χ0v) is 11.5. The summed E-state index contributed by atoms with van der Waals surface area (Å²) in [5, 5.41) is 0.340. The van der Waals surface area contributed by atoms with E-state index in [1.165, 1.54) is 18.2 Å². The molecule has 0 aliphatic heterocycles. The molecule has 0 bridgehead atoms. The lowest BCUT2D eigenvalue weighted by Gasteiger charge is -2.10. The fourth-order valence-electron chi connectivity index (χ4n) is 1.50. The number of ether oxygens (including phenoxy) is 1. The molecule has 0 saturated carbocycles. The Labute approximate surface area is 125 Å². The number of halogens is 7. The quantitative estimate of drug-likeness (QED) is 0.419. The first-order chi connectivity index (χ1) is 9.82. The molecule has 0 spiro atoms. The highest BCUT2D eigenvalue weighted by Crippen LogP contribution is 2.28. The van der Waals surface area contributed by atoms with Crippen LogP contribution in [-0.2, 0) is 6.61 Å². The molecule has 2 aromatic carbocycles. The van der Waals surface area contributed by atoms with Crippen molar-refractivity contribution in [3.8, 4) is 5.75 Å². The van der Waals surface area contributed by atoms with E-state index in [2.05, 4.69) is 0 Å².